The molecule has 0 N–H and O–H groups in total. The molecule has 0 fully saturated rings. The Morgan fingerprint density at radius 1 is 0.277 bits per heavy atom. The van der Waals surface area contributed by atoms with Gasteiger partial charge in [-0.05, 0) is 0 Å². The number of halogens is 26. The average Bonchev–Trinajstić information content (AvgIpc) is 2.75. The fraction of sp³-hybridized carbons (Fsp3) is 1.00. The molecule has 280 valence electrons. The van der Waals surface area contributed by atoms with E-state index in [1.54, 1.807) is 0 Å². The molecule has 47 heavy (non-hydrogen) atoms. The van der Waals surface area contributed by atoms with Gasteiger partial charge in [-0.25, -0.2) is 16.8 Å². The van der Waals surface area contributed by atoms with E-state index in [0.29, 0.717) is 0 Å². The summed E-state index contributed by atoms with van der Waals surface area (Å²) in [7, 11) is -15.7. The number of alkyl halides is 26. The third-order valence-corrected chi connectivity index (χ3v) is 6.21. The van der Waals surface area contributed by atoms with Gasteiger partial charge in [0.05, 0.1) is 0 Å². The molecule has 0 aromatic rings. The van der Waals surface area contributed by atoms with Crippen LogP contribution in [0.2, 0.25) is 0 Å². The van der Waals surface area contributed by atoms with E-state index >= 15 is 0 Å². The predicted octanol–water partition coefficient (Wildman–Crippen LogP) is 6.08. The normalized spacial score (nSPS) is 16.3. The number of rotatable bonds is 10. The predicted molar refractivity (Wildman–Crippen MR) is 86.7 cm³/mol. The molecule has 0 radical (unpaired) electrons. The summed E-state index contributed by atoms with van der Waals surface area (Å²) in [6.07, 6.45) is -15.2. The van der Waals surface area contributed by atoms with Gasteiger partial charge in [0.2, 0.25) is 0 Å². The molecule has 0 spiro atoms. The average molecular weight is 838 g/mol. The first kappa shape index (κ1) is 50.6. The van der Waals surface area contributed by atoms with Gasteiger partial charge >= 0.3 is 108 Å². The van der Waals surface area contributed by atoms with E-state index in [0.717, 1.165) is 0 Å². The molecular formula is C12CaF26O6S2. The van der Waals surface area contributed by atoms with Gasteiger partial charge in [0.1, 0.15) is 0 Å². The van der Waals surface area contributed by atoms with E-state index < -0.39 is 90.5 Å². The summed E-state index contributed by atoms with van der Waals surface area (Å²) >= 11 is 0. The summed E-state index contributed by atoms with van der Waals surface area (Å²) in [5, 5.41) is -15.3. The van der Waals surface area contributed by atoms with Crippen LogP contribution in [-0.2, 0) is 20.2 Å². The summed E-state index contributed by atoms with van der Waals surface area (Å²) in [5.41, 5.74) is 0. The minimum atomic E-state index is -8.29. The van der Waals surface area contributed by atoms with E-state index in [1.165, 1.54) is 0 Å². The van der Waals surface area contributed by atoms with Crippen molar-refractivity contribution in [3.05, 3.63) is 0 Å². The van der Waals surface area contributed by atoms with Crippen LogP contribution in [0.4, 0.5) is 114 Å². The number of hydrogen-bond acceptors (Lipinski definition) is 6. The monoisotopic (exact) mass is 838 g/mol. The van der Waals surface area contributed by atoms with Crippen LogP contribution in [0.1, 0.15) is 0 Å². The first-order chi connectivity index (χ1) is 19.0. The van der Waals surface area contributed by atoms with E-state index in [9.17, 15) is 140 Å². The summed E-state index contributed by atoms with van der Waals surface area (Å²) < 4.78 is 378. The molecular weight excluding hydrogens is 838 g/mol. The van der Waals surface area contributed by atoms with Crippen molar-refractivity contribution in [2.24, 2.45) is 0 Å². The molecule has 0 unspecified atom stereocenters. The molecule has 0 aliphatic heterocycles. The third-order valence-electron chi connectivity index (χ3n) is 4.44. The molecule has 0 aliphatic rings. The summed E-state index contributed by atoms with van der Waals surface area (Å²) in [5.74, 6) is -65.2. The Kier molecular flexibility index (Phi) is 13.8. The molecule has 0 aromatic carbocycles. The summed E-state index contributed by atoms with van der Waals surface area (Å²) in [6.45, 7) is 0. The van der Waals surface area contributed by atoms with Gasteiger partial charge in [0.25, 0.3) is 0 Å². The van der Waals surface area contributed by atoms with Crippen molar-refractivity contribution in [3.8, 4) is 0 Å². The molecule has 0 amide bonds. The van der Waals surface area contributed by atoms with E-state index in [1.807, 2.05) is 0 Å². The van der Waals surface area contributed by atoms with Crippen molar-refractivity contribution in [2.75, 3.05) is 0 Å². The zero-order chi connectivity index (χ0) is 39.0. The maximum Gasteiger partial charge on any atom is 2.00 e. The molecule has 35 heteroatoms. The Labute approximate surface area is 267 Å². The molecule has 0 heterocycles. The van der Waals surface area contributed by atoms with Gasteiger partial charge in [0, 0.05) is 0 Å². The maximum atomic E-state index is 12.7. The second kappa shape index (κ2) is 12.8. The Morgan fingerprint density at radius 3 is 0.511 bits per heavy atom. The van der Waals surface area contributed by atoms with Crippen molar-refractivity contribution in [3.63, 3.8) is 0 Å². The van der Waals surface area contributed by atoms with Crippen LogP contribution in [0, 0.1) is 0 Å². The molecule has 0 saturated heterocycles. The maximum absolute atomic E-state index is 12.7. The Hall–Kier alpha value is -0.740. The third kappa shape index (κ3) is 7.36. The Morgan fingerprint density at radius 2 is 0.404 bits per heavy atom. The molecule has 0 saturated carbocycles. The Balaban J connectivity index is -0.000000807. The first-order valence-corrected chi connectivity index (χ1v) is 11.6. The van der Waals surface area contributed by atoms with Crippen LogP contribution in [0.5, 0.6) is 0 Å². The zero-order valence-electron chi connectivity index (χ0n) is 19.8. The molecule has 6 nitrogen and oxygen atoms in total. The van der Waals surface area contributed by atoms with Crippen molar-refractivity contribution < 1.29 is 140 Å². The van der Waals surface area contributed by atoms with Gasteiger partial charge in [-0.1, -0.05) is 0 Å². The second-order valence-electron chi connectivity index (χ2n) is 7.53. The molecule has 0 aliphatic carbocycles. The first-order valence-electron chi connectivity index (χ1n) is 8.82. The van der Waals surface area contributed by atoms with Crippen LogP contribution >= 0.6 is 0 Å². The van der Waals surface area contributed by atoms with Gasteiger partial charge in [-0.3, -0.25) is 0 Å². The Bertz CT molecular complexity index is 1230. The molecule has 0 atom stereocenters. The van der Waals surface area contributed by atoms with Crippen LogP contribution in [0.3, 0.4) is 0 Å². The van der Waals surface area contributed by atoms with Crippen molar-refractivity contribution in [1.29, 1.82) is 0 Å². The van der Waals surface area contributed by atoms with E-state index in [-0.39, 0.29) is 37.7 Å². The molecule has 0 aromatic heterocycles. The van der Waals surface area contributed by atoms with Crippen LogP contribution < -0.4 is 0 Å². The second-order valence-corrected chi connectivity index (χ2v) is 10.4. The zero-order valence-corrected chi connectivity index (χ0v) is 23.6. The van der Waals surface area contributed by atoms with Crippen LogP contribution in [0.15, 0.2) is 0 Å². The standard InChI is InChI=1S/2C6HF13O3S.Ca/c2*7-1(8,3(11,12)5(15,16)17)2(9,10)4(13,14)6(18,19)23(20,21)22;/h2*(H,20,21,22);/q;;+2/p-2. The minimum Gasteiger partial charge on any atom is -0.743 e. The molecule has 0 rings (SSSR count). The van der Waals surface area contributed by atoms with E-state index in [2.05, 4.69) is 0 Å². The minimum absolute atomic E-state index is 0. The summed E-state index contributed by atoms with van der Waals surface area (Å²) in [6, 6.07) is 0. The van der Waals surface area contributed by atoms with Crippen molar-refractivity contribution >= 4 is 58.0 Å². The quantitative estimate of drug-likeness (QED) is 0.150. The fourth-order valence-corrected chi connectivity index (χ4v) is 2.71. The summed E-state index contributed by atoms with van der Waals surface area (Å²) in [4.78, 5) is 0. The van der Waals surface area contributed by atoms with Crippen LogP contribution in [0.25, 0.3) is 0 Å². The topological polar surface area (TPSA) is 114 Å². The van der Waals surface area contributed by atoms with Gasteiger partial charge in [-0.15, -0.1) is 0 Å². The van der Waals surface area contributed by atoms with Crippen molar-refractivity contribution in [2.45, 2.75) is 70.2 Å². The fourth-order valence-electron chi connectivity index (χ4n) is 1.82. The van der Waals surface area contributed by atoms with Crippen LogP contribution in [-0.4, -0.2) is 134 Å². The van der Waals surface area contributed by atoms with Gasteiger partial charge < -0.3 is 9.11 Å². The molecule has 0 bridgehead atoms. The smallest absolute Gasteiger partial charge is 0.743 e. The number of hydrogen-bond donors (Lipinski definition) is 0. The SMILES string of the molecule is O=S(=O)([O-])C(F)(F)C(F)(F)C(F)(F)C(F)(F)C(F)(F)C(F)(F)F.O=S(=O)([O-])C(F)(F)C(F)(F)C(F)(F)C(F)(F)C(F)(F)C(F)(F)F.[Ca+2]. The van der Waals surface area contributed by atoms with Crippen molar-refractivity contribution in [1.82, 2.24) is 0 Å². The van der Waals surface area contributed by atoms with E-state index in [4.69, 9.17) is 0 Å². The van der Waals surface area contributed by atoms with Gasteiger partial charge in [0.15, 0.2) is 20.2 Å². The van der Waals surface area contributed by atoms with Gasteiger partial charge in [-0.2, -0.15) is 114 Å². The largest absolute Gasteiger partial charge is 2.00 e.